The summed E-state index contributed by atoms with van der Waals surface area (Å²) >= 11 is 5.88. The molecule has 17 heavy (non-hydrogen) atoms. The highest BCUT2D eigenvalue weighted by Gasteiger charge is 2.16. The molecule has 0 aromatic heterocycles. The van der Waals surface area contributed by atoms with Gasteiger partial charge in [0.1, 0.15) is 0 Å². The number of halogens is 1. The molecule has 96 valence electrons. The molecule has 2 atom stereocenters. The van der Waals surface area contributed by atoms with Gasteiger partial charge < -0.3 is 5.32 Å². The number of nitrogens with zero attached hydrogens (tertiary/aromatic N) is 1. The average Bonchev–Trinajstić information content (AvgIpc) is 2.31. The second kappa shape index (κ2) is 7.00. The fourth-order valence-corrected chi connectivity index (χ4v) is 2.07. The zero-order valence-corrected chi connectivity index (χ0v) is 12.0. The lowest BCUT2D eigenvalue weighted by Crippen LogP contribution is -2.37. The first-order valence-electron chi connectivity index (χ1n) is 6.14. The van der Waals surface area contributed by atoms with E-state index in [4.69, 9.17) is 11.6 Å². The van der Waals surface area contributed by atoms with Crippen molar-refractivity contribution in [2.24, 2.45) is 5.92 Å². The van der Waals surface area contributed by atoms with E-state index >= 15 is 0 Å². The van der Waals surface area contributed by atoms with Crippen LogP contribution in [-0.4, -0.2) is 31.6 Å². The van der Waals surface area contributed by atoms with Crippen LogP contribution in [0.15, 0.2) is 24.3 Å². The van der Waals surface area contributed by atoms with Gasteiger partial charge in [-0.05, 0) is 51.2 Å². The third kappa shape index (κ3) is 4.66. The molecule has 0 fully saturated rings. The SMILES string of the molecule is CNCC(C)C(C)N(C)Cc1ccc(Cl)cc1. The van der Waals surface area contributed by atoms with Crippen LogP contribution in [0.5, 0.6) is 0 Å². The Kier molecular flexibility index (Phi) is 5.96. The van der Waals surface area contributed by atoms with Crippen molar-refractivity contribution in [1.29, 1.82) is 0 Å². The van der Waals surface area contributed by atoms with E-state index in [1.807, 2.05) is 19.2 Å². The first kappa shape index (κ1) is 14.5. The molecule has 1 rings (SSSR count). The van der Waals surface area contributed by atoms with Gasteiger partial charge in [-0.3, -0.25) is 4.90 Å². The Labute approximate surface area is 110 Å². The summed E-state index contributed by atoms with van der Waals surface area (Å²) in [5.74, 6) is 0.636. The summed E-state index contributed by atoms with van der Waals surface area (Å²) < 4.78 is 0. The number of benzene rings is 1. The lowest BCUT2D eigenvalue weighted by atomic mass is 10.0. The third-order valence-corrected chi connectivity index (χ3v) is 3.64. The molecule has 0 saturated carbocycles. The van der Waals surface area contributed by atoms with Crippen LogP contribution in [0.2, 0.25) is 5.02 Å². The smallest absolute Gasteiger partial charge is 0.0406 e. The summed E-state index contributed by atoms with van der Waals surface area (Å²) in [6, 6.07) is 8.64. The zero-order valence-electron chi connectivity index (χ0n) is 11.2. The lowest BCUT2D eigenvalue weighted by Gasteiger charge is -2.29. The van der Waals surface area contributed by atoms with Crippen LogP contribution in [0.25, 0.3) is 0 Å². The molecule has 0 amide bonds. The summed E-state index contributed by atoms with van der Waals surface area (Å²) in [5.41, 5.74) is 1.31. The summed E-state index contributed by atoms with van der Waals surface area (Å²) in [7, 11) is 4.17. The molecule has 1 aromatic rings. The van der Waals surface area contributed by atoms with Gasteiger partial charge in [0, 0.05) is 17.6 Å². The molecule has 2 nitrogen and oxygen atoms in total. The van der Waals surface area contributed by atoms with E-state index in [9.17, 15) is 0 Å². The third-order valence-electron chi connectivity index (χ3n) is 3.39. The Hall–Kier alpha value is -0.570. The van der Waals surface area contributed by atoms with Gasteiger partial charge in [0.15, 0.2) is 0 Å². The van der Waals surface area contributed by atoms with Crippen LogP contribution in [0.3, 0.4) is 0 Å². The van der Waals surface area contributed by atoms with E-state index < -0.39 is 0 Å². The van der Waals surface area contributed by atoms with E-state index in [-0.39, 0.29) is 0 Å². The molecule has 2 unspecified atom stereocenters. The van der Waals surface area contributed by atoms with Crippen molar-refractivity contribution in [3.05, 3.63) is 34.9 Å². The zero-order chi connectivity index (χ0) is 12.8. The maximum Gasteiger partial charge on any atom is 0.0406 e. The van der Waals surface area contributed by atoms with Crippen molar-refractivity contribution in [3.8, 4) is 0 Å². The maximum atomic E-state index is 5.88. The van der Waals surface area contributed by atoms with E-state index in [2.05, 4.69) is 43.2 Å². The maximum absolute atomic E-state index is 5.88. The Morgan fingerprint density at radius 2 is 1.82 bits per heavy atom. The first-order chi connectivity index (χ1) is 8.04. The van der Waals surface area contributed by atoms with E-state index in [0.717, 1.165) is 18.1 Å². The molecule has 0 saturated heterocycles. The average molecular weight is 255 g/mol. The minimum atomic E-state index is 0.554. The van der Waals surface area contributed by atoms with Gasteiger partial charge in [0.2, 0.25) is 0 Å². The molecule has 0 bridgehead atoms. The van der Waals surface area contributed by atoms with Crippen LogP contribution >= 0.6 is 11.6 Å². The van der Waals surface area contributed by atoms with E-state index in [1.165, 1.54) is 5.56 Å². The molecule has 1 N–H and O–H groups in total. The Bertz CT molecular complexity index is 323. The first-order valence-corrected chi connectivity index (χ1v) is 6.51. The Morgan fingerprint density at radius 1 is 1.24 bits per heavy atom. The van der Waals surface area contributed by atoms with Crippen molar-refractivity contribution in [2.45, 2.75) is 26.4 Å². The Balaban J connectivity index is 2.53. The van der Waals surface area contributed by atoms with Crippen molar-refractivity contribution in [1.82, 2.24) is 10.2 Å². The molecule has 1 aromatic carbocycles. The van der Waals surface area contributed by atoms with Gasteiger partial charge in [0.05, 0.1) is 0 Å². The predicted octanol–water partition coefficient (Wildman–Crippen LogP) is 3.02. The van der Waals surface area contributed by atoms with Crippen LogP contribution in [0.1, 0.15) is 19.4 Å². The van der Waals surface area contributed by atoms with Gasteiger partial charge in [-0.15, -0.1) is 0 Å². The van der Waals surface area contributed by atoms with Crippen LogP contribution in [-0.2, 0) is 6.54 Å². The lowest BCUT2D eigenvalue weighted by molar-refractivity contribution is 0.190. The molecular formula is C14H23ClN2. The molecule has 0 spiro atoms. The highest BCUT2D eigenvalue weighted by atomic mass is 35.5. The van der Waals surface area contributed by atoms with Crippen molar-refractivity contribution >= 4 is 11.6 Å². The number of nitrogens with one attached hydrogen (secondary N) is 1. The van der Waals surface area contributed by atoms with Gasteiger partial charge >= 0.3 is 0 Å². The molecule has 3 heteroatoms. The quantitative estimate of drug-likeness (QED) is 0.840. The van der Waals surface area contributed by atoms with Gasteiger partial charge in [-0.2, -0.15) is 0 Å². The minimum absolute atomic E-state index is 0.554. The second-order valence-electron chi connectivity index (χ2n) is 4.82. The Morgan fingerprint density at radius 3 is 2.35 bits per heavy atom. The molecule has 0 aliphatic rings. The summed E-state index contributed by atoms with van der Waals surface area (Å²) in [6.07, 6.45) is 0. The second-order valence-corrected chi connectivity index (χ2v) is 5.25. The monoisotopic (exact) mass is 254 g/mol. The fourth-order valence-electron chi connectivity index (χ4n) is 1.95. The van der Waals surface area contributed by atoms with Crippen molar-refractivity contribution < 1.29 is 0 Å². The molecule has 0 aliphatic carbocycles. The van der Waals surface area contributed by atoms with Gasteiger partial charge in [0.25, 0.3) is 0 Å². The predicted molar refractivity (Wildman–Crippen MR) is 75.5 cm³/mol. The highest BCUT2D eigenvalue weighted by molar-refractivity contribution is 6.30. The fraction of sp³-hybridized carbons (Fsp3) is 0.571. The molecular weight excluding hydrogens is 232 g/mol. The number of hydrogen-bond donors (Lipinski definition) is 1. The summed E-state index contributed by atoms with van der Waals surface area (Å²) in [5, 5.41) is 4.03. The van der Waals surface area contributed by atoms with Crippen molar-refractivity contribution in [3.63, 3.8) is 0 Å². The van der Waals surface area contributed by atoms with Gasteiger partial charge in [-0.1, -0.05) is 30.7 Å². The number of rotatable bonds is 6. The van der Waals surface area contributed by atoms with E-state index in [1.54, 1.807) is 0 Å². The number of hydrogen-bond acceptors (Lipinski definition) is 2. The van der Waals surface area contributed by atoms with Crippen LogP contribution in [0, 0.1) is 5.92 Å². The normalized spacial score (nSPS) is 14.9. The van der Waals surface area contributed by atoms with E-state index in [0.29, 0.717) is 12.0 Å². The van der Waals surface area contributed by atoms with Crippen LogP contribution in [0.4, 0.5) is 0 Å². The topological polar surface area (TPSA) is 15.3 Å². The largest absolute Gasteiger partial charge is 0.319 e. The van der Waals surface area contributed by atoms with Gasteiger partial charge in [-0.25, -0.2) is 0 Å². The summed E-state index contributed by atoms with van der Waals surface area (Å²) in [4.78, 5) is 2.38. The highest BCUT2D eigenvalue weighted by Crippen LogP contribution is 2.14. The standard InChI is InChI=1S/C14H23ClN2/c1-11(9-16-3)12(2)17(4)10-13-5-7-14(15)8-6-13/h5-8,11-12,16H,9-10H2,1-4H3. The summed E-state index contributed by atoms with van der Waals surface area (Å²) in [6.45, 7) is 6.57. The van der Waals surface area contributed by atoms with Crippen molar-refractivity contribution in [2.75, 3.05) is 20.6 Å². The molecule has 0 aliphatic heterocycles. The van der Waals surface area contributed by atoms with Crippen LogP contribution < -0.4 is 5.32 Å². The molecule has 0 radical (unpaired) electrons. The molecule has 0 heterocycles. The minimum Gasteiger partial charge on any atom is -0.319 e.